The molecular formula is C18H25N3O4. The maximum atomic E-state index is 12.9. The molecule has 25 heavy (non-hydrogen) atoms. The molecule has 0 saturated carbocycles. The molecule has 0 aliphatic carbocycles. The molecule has 0 atom stereocenters. The van der Waals surface area contributed by atoms with E-state index in [1.165, 1.54) is 18.5 Å². The second-order valence-electron chi connectivity index (χ2n) is 8.01. The van der Waals surface area contributed by atoms with Crippen LogP contribution in [0.3, 0.4) is 0 Å². The molecule has 7 heteroatoms. The smallest absolute Gasteiger partial charge is 0.337 e. The Hall–Kier alpha value is -2.44. The Bertz CT molecular complexity index is 707. The van der Waals surface area contributed by atoms with Gasteiger partial charge in [0.2, 0.25) is 5.91 Å². The van der Waals surface area contributed by atoms with E-state index in [4.69, 9.17) is 5.11 Å². The molecule has 7 nitrogen and oxygen atoms in total. The predicted octanol–water partition coefficient (Wildman–Crippen LogP) is 1.89. The summed E-state index contributed by atoms with van der Waals surface area (Å²) in [5, 5.41) is 9.07. The predicted molar refractivity (Wildman–Crippen MR) is 92.3 cm³/mol. The molecule has 2 heterocycles. The van der Waals surface area contributed by atoms with E-state index in [2.05, 4.69) is 4.98 Å². The second kappa shape index (κ2) is 6.46. The Morgan fingerprint density at radius 1 is 1.12 bits per heavy atom. The number of carbonyl (C=O) groups is 3. The minimum Gasteiger partial charge on any atom is -0.478 e. The number of nitrogens with zero attached hydrogens (tertiary/aromatic N) is 3. The topological polar surface area (TPSA) is 90.8 Å². The monoisotopic (exact) mass is 347 g/mol. The van der Waals surface area contributed by atoms with Crippen LogP contribution in [0.4, 0.5) is 0 Å². The van der Waals surface area contributed by atoms with E-state index in [0.717, 1.165) is 0 Å². The lowest BCUT2D eigenvalue weighted by molar-refractivity contribution is -0.143. The Balaban J connectivity index is 2.21. The van der Waals surface area contributed by atoms with Gasteiger partial charge in [0.25, 0.3) is 5.91 Å². The fraction of sp³-hybridized carbons (Fsp3) is 0.556. The van der Waals surface area contributed by atoms with E-state index in [0.29, 0.717) is 19.6 Å². The number of amides is 2. The number of piperazine rings is 1. The number of aromatic nitrogens is 1. The summed E-state index contributed by atoms with van der Waals surface area (Å²) < 4.78 is 0. The summed E-state index contributed by atoms with van der Waals surface area (Å²) in [6.45, 7) is 10.7. The highest BCUT2D eigenvalue weighted by Crippen LogP contribution is 2.27. The van der Waals surface area contributed by atoms with Crippen LogP contribution < -0.4 is 0 Å². The van der Waals surface area contributed by atoms with Crippen LogP contribution >= 0.6 is 0 Å². The third-order valence-electron chi connectivity index (χ3n) is 4.31. The van der Waals surface area contributed by atoms with Gasteiger partial charge < -0.3 is 14.9 Å². The lowest BCUT2D eigenvalue weighted by Gasteiger charge is -2.48. The van der Waals surface area contributed by atoms with Crippen LogP contribution in [0.25, 0.3) is 0 Å². The largest absolute Gasteiger partial charge is 0.478 e. The van der Waals surface area contributed by atoms with Crippen molar-refractivity contribution in [2.24, 2.45) is 5.41 Å². The molecule has 136 valence electrons. The van der Waals surface area contributed by atoms with Gasteiger partial charge in [0, 0.05) is 37.4 Å². The Kier molecular flexibility index (Phi) is 4.88. The summed E-state index contributed by atoms with van der Waals surface area (Å²) in [5.74, 6) is -1.34. The summed E-state index contributed by atoms with van der Waals surface area (Å²) in [5.41, 5.74) is -0.814. The van der Waals surface area contributed by atoms with Crippen molar-refractivity contribution in [3.8, 4) is 0 Å². The number of carboxylic acids is 1. The van der Waals surface area contributed by atoms with Gasteiger partial charge in [0.1, 0.15) is 0 Å². The molecule has 1 aliphatic heterocycles. The number of pyridine rings is 1. The molecule has 0 bridgehead atoms. The molecular weight excluding hydrogens is 322 g/mol. The molecule has 1 N–H and O–H groups in total. The normalized spacial score (nSPS) is 17.3. The van der Waals surface area contributed by atoms with E-state index >= 15 is 0 Å². The molecule has 2 rings (SSSR count). The molecule has 1 saturated heterocycles. The Morgan fingerprint density at radius 2 is 1.72 bits per heavy atom. The van der Waals surface area contributed by atoms with Crippen molar-refractivity contribution in [2.45, 2.75) is 40.2 Å². The third kappa shape index (κ3) is 3.97. The summed E-state index contributed by atoms with van der Waals surface area (Å²) in [7, 11) is 0. The summed E-state index contributed by atoms with van der Waals surface area (Å²) >= 11 is 0. The fourth-order valence-corrected chi connectivity index (χ4v) is 3.01. The third-order valence-corrected chi connectivity index (χ3v) is 4.31. The average molecular weight is 347 g/mol. The summed E-state index contributed by atoms with van der Waals surface area (Å²) in [6.07, 6.45) is 2.59. The van der Waals surface area contributed by atoms with Gasteiger partial charge in [-0.2, -0.15) is 0 Å². The number of hydrogen-bond acceptors (Lipinski definition) is 4. The van der Waals surface area contributed by atoms with Crippen LogP contribution in [0.5, 0.6) is 0 Å². The standard InChI is InChI=1S/C18H25N3O4/c1-17(2,3)16(25)20-6-7-21(18(4,5)11-20)14(22)12-8-13(15(23)24)10-19-9-12/h8-10H,6-7,11H2,1-5H3,(H,23,24). The Morgan fingerprint density at radius 3 is 2.24 bits per heavy atom. The molecule has 0 radical (unpaired) electrons. The quantitative estimate of drug-likeness (QED) is 0.882. The molecule has 0 aromatic carbocycles. The van der Waals surface area contributed by atoms with E-state index in [1.807, 2.05) is 34.6 Å². The number of carboxylic acid groups (broad SMARTS) is 1. The molecule has 0 unspecified atom stereocenters. The van der Waals surface area contributed by atoms with Crippen LogP contribution in [-0.2, 0) is 4.79 Å². The zero-order valence-corrected chi connectivity index (χ0v) is 15.4. The van der Waals surface area contributed by atoms with Crippen LogP contribution in [-0.4, -0.2) is 62.8 Å². The zero-order valence-electron chi connectivity index (χ0n) is 15.4. The lowest BCUT2D eigenvalue weighted by Crippen LogP contribution is -2.63. The van der Waals surface area contributed by atoms with Gasteiger partial charge >= 0.3 is 5.97 Å². The first kappa shape index (κ1) is 18.9. The molecule has 2 amide bonds. The van der Waals surface area contributed by atoms with Gasteiger partial charge in [0.15, 0.2) is 0 Å². The van der Waals surface area contributed by atoms with Gasteiger partial charge in [-0.25, -0.2) is 4.79 Å². The first-order valence-electron chi connectivity index (χ1n) is 8.23. The van der Waals surface area contributed by atoms with E-state index in [9.17, 15) is 14.4 Å². The van der Waals surface area contributed by atoms with Crippen molar-refractivity contribution in [3.05, 3.63) is 29.6 Å². The first-order chi connectivity index (χ1) is 11.4. The minimum absolute atomic E-state index is 0.0230. The lowest BCUT2D eigenvalue weighted by atomic mass is 9.91. The van der Waals surface area contributed by atoms with E-state index < -0.39 is 16.9 Å². The van der Waals surface area contributed by atoms with Crippen molar-refractivity contribution >= 4 is 17.8 Å². The van der Waals surface area contributed by atoms with Gasteiger partial charge in [-0.3, -0.25) is 14.6 Å². The van der Waals surface area contributed by atoms with E-state index in [1.54, 1.807) is 9.80 Å². The van der Waals surface area contributed by atoms with Crippen LogP contribution in [0.1, 0.15) is 55.3 Å². The number of rotatable bonds is 2. The van der Waals surface area contributed by atoms with Crippen LogP contribution in [0.2, 0.25) is 0 Å². The molecule has 1 fully saturated rings. The van der Waals surface area contributed by atoms with Crippen molar-refractivity contribution in [2.75, 3.05) is 19.6 Å². The molecule has 1 aromatic rings. The molecule has 0 spiro atoms. The maximum Gasteiger partial charge on any atom is 0.337 e. The SMILES string of the molecule is CC(C)(C)C(=O)N1CCN(C(=O)c2cncc(C(=O)O)c2)C(C)(C)C1. The summed E-state index contributed by atoms with van der Waals surface area (Å²) in [6, 6.07) is 1.33. The summed E-state index contributed by atoms with van der Waals surface area (Å²) in [4.78, 5) is 43.8. The average Bonchev–Trinajstić information content (AvgIpc) is 2.51. The van der Waals surface area contributed by atoms with Crippen molar-refractivity contribution < 1.29 is 19.5 Å². The number of hydrogen-bond donors (Lipinski definition) is 1. The highest BCUT2D eigenvalue weighted by Gasteiger charge is 2.40. The van der Waals surface area contributed by atoms with Crippen molar-refractivity contribution in [1.29, 1.82) is 0 Å². The van der Waals surface area contributed by atoms with Crippen LogP contribution in [0, 0.1) is 5.41 Å². The van der Waals surface area contributed by atoms with Crippen LogP contribution in [0.15, 0.2) is 18.5 Å². The highest BCUT2D eigenvalue weighted by atomic mass is 16.4. The van der Waals surface area contributed by atoms with E-state index in [-0.39, 0.29) is 22.9 Å². The second-order valence-corrected chi connectivity index (χ2v) is 8.01. The molecule has 1 aromatic heterocycles. The van der Waals surface area contributed by atoms with Gasteiger partial charge in [-0.05, 0) is 19.9 Å². The maximum absolute atomic E-state index is 12.9. The first-order valence-corrected chi connectivity index (χ1v) is 8.23. The highest BCUT2D eigenvalue weighted by molar-refractivity contribution is 5.97. The van der Waals surface area contributed by atoms with Crippen molar-refractivity contribution in [1.82, 2.24) is 14.8 Å². The Labute approximate surface area is 147 Å². The minimum atomic E-state index is -1.12. The van der Waals surface area contributed by atoms with Crippen molar-refractivity contribution in [3.63, 3.8) is 0 Å². The number of carbonyl (C=O) groups excluding carboxylic acids is 2. The van der Waals surface area contributed by atoms with Gasteiger partial charge in [-0.15, -0.1) is 0 Å². The zero-order chi connectivity index (χ0) is 19.0. The fourth-order valence-electron chi connectivity index (χ4n) is 3.01. The van der Waals surface area contributed by atoms with Gasteiger partial charge in [0.05, 0.1) is 16.7 Å². The number of aromatic carboxylic acids is 1. The van der Waals surface area contributed by atoms with Gasteiger partial charge in [-0.1, -0.05) is 20.8 Å². The molecule has 1 aliphatic rings.